The smallest absolute Gasteiger partial charge is 0.157 e. The number of para-hydroxylation sites is 2. The van der Waals surface area contributed by atoms with Gasteiger partial charge in [0.25, 0.3) is 0 Å². The van der Waals surface area contributed by atoms with Crippen LogP contribution in [-0.2, 0) is 6.54 Å². The third-order valence-corrected chi connectivity index (χ3v) is 3.21. The van der Waals surface area contributed by atoms with E-state index < -0.39 is 0 Å². The number of rotatable bonds is 4. The van der Waals surface area contributed by atoms with Crippen LogP contribution in [-0.4, -0.2) is 19.8 Å². The Morgan fingerprint density at radius 3 is 2.67 bits per heavy atom. The molecule has 5 nitrogen and oxygen atoms in total. The Balaban J connectivity index is 1.81. The highest BCUT2D eigenvalue weighted by Crippen LogP contribution is 2.26. The van der Waals surface area contributed by atoms with E-state index in [0.29, 0.717) is 6.54 Å². The Kier molecular flexibility index (Phi) is 3.47. The Hall–Kier alpha value is -2.95. The molecular formula is C16H15N3O2. The average Bonchev–Trinajstić information content (AvgIpc) is 3.03. The Bertz CT molecular complexity index is 739. The largest absolute Gasteiger partial charge is 0.504 e. The quantitative estimate of drug-likeness (QED) is 0.643. The van der Waals surface area contributed by atoms with Crippen molar-refractivity contribution in [2.75, 3.05) is 5.32 Å². The van der Waals surface area contributed by atoms with Gasteiger partial charge in [-0.2, -0.15) is 0 Å². The lowest BCUT2D eigenvalue weighted by Crippen LogP contribution is -2.03. The first kappa shape index (κ1) is 13.1. The zero-order valence-electron chi connectivity index (χ0n) is 11.3. The summed E-state index contributed by atoms with van der Waals surface area (Å²) in [4.78, 5) is 4.05. The lowest BCUT2D eigenvalue weighted by Gasteiger charge is -2.12. The molecule has 1 heterocycles. The van der Waals surface area contributed by atoms with Gasteiger partial charge in [0.05, 0.1) is 17.7 Å². The van der Waals surface area contributed by atoms with E-state index in [1.54, 1.807) is 24.7 Å². The minimum Gasteiger partial charge on any atom is -0.504 e. The molecule has 5 heteroatoms. The average molecular weight is 281 g/mol. The van der Waals surface area contributed by atoms with Crippen LogP contribution in [0.4, 0.5) is 5.69 Å². The van der Waals surface area contributed by atoms with E-state index in [2.05, 4.69) is 10.3 Å². The molecule has 0 saturated carbocycles. The SMILES string of the molecule is Oc1ccc(CNc2ccccc2-n2ccnc2)cc1O. The maximum Gasteiger partial charge on any atom is 0.157 e. The van der Waals surface area contributed by atoms with Gasteiger partial charge in [-0.1, -0.05) is 18.2 Å². The molecule has 0 aliphatic rings. The van der Waals surface area contributed by atoms with Crippen molar-refractivity contribution in [1.82, 2.24) is 9.55 Å². The van der Waals surface area contributed by atoms with Gasteiger partial charge >= 0.3 is 0 Å². The molecule has 0 aliphatic heterocycles. The molecule has 0 fully saturated rings. The van der Waals surface area contributed by atoms with Crippen LogP contribution < -0.4 is 5.32 Å². The molecule has 0 radical (unpaired) electrons. The summed E-state index contributed by atoms with van der Waals surface area (Å²) in [6.45, 7) is 0.541. The summed E-state index contributed by atoms with van der Waals surface area (Å²) in [6, 6.07) is 12.7. The van der Waals surface area contributed by atoms with Crippen LogP contribution >= 0.6 is 0 Å². The maximum absolute atomic E-state index is 9.51. The number of anilines is 1. The summed E-state index contributed by atoms with van der Waals surface area (Å²) in [5.41, 5.74) is 2.84. The summed E-state index contributed by atoms with van der Waals surface area (Å²) < 4.78 is 1.93. The molecule has 3 N–H and O–H groups in total. The van der Waals surface area contributed by atoms with Crippen molar-refractivity contribution in [2.45, 2.75) is 6.54 Å². The van der Waals surface area contributed by atoms with Crippen LogP contribution in [0.5, 0.6) is 11.5 Å². The number of phenols is 2. The Labute approximate surface area is 122 Å². The van der Waals surface area contributed by atoms with Crippen molar-refractivity contribution in [1.29, 1.82) is 0 Å². The molecule has 1 aromatic heterocycles. The van der Waals surface area contributed by atoms with Crippen molar-refractivity contribution in [3.05, 3.63) is 66.7 Å². The fourth-order valence-corrected chi connectivity index (χ4v) is 2.13. The van der Waals surface area contributed by atoms with E-state index in [0.717, 1.165) is 16.9 Å². The molecule has 0 unspecified atom stereocenters. The first-order chi connectivity index (χ1) is 10.2. The Morgan fingerprint density at radius 1 is 1.05 bits per heavy atom. The van der Waals surface area contributed by atoms with Crippen LogP contribution in [0.3, 0.4) is 0 Å². The molecule has 3 aromatic rings. The van der Waals surface area contributed by atoms with Crippen molar-refractivity contribution in [3.8, 4) is 17.2 Å². The van der Waals surface area contributed by atoms with Crippen molar-refractivity contribution >= 4 is 5.69 Å². The standard InChI is InChI=1S/C16H15N3O2/c20-15-6-5-12(9-16(15)21)10-18-13-3-1-2-4-14(13)19-8-7-17-11-19/h1-9,11,18,20-21H,10H2. The van der Waals surface area contributed by atoms with Gasteiger partial charge in [0.2, 0.25) is 0 Å². The molecular weight excluding hydrogens is 266 g/mol. The molecule has 21 heavy (non-hydrogen) atoms. The summed E-state index contributed by atoms with van der Waals surface area (Å²) in [5.74, 6) is -0.227. The molecule has 3 rings (SSSR count). The molecule has 0 amide bonds. The highest BCUT2D eigenvalue weighted by Gasteiger charge is 2.04. The predicted molar refractivity (Wildman–Crippen MR) is 80.7 cm³/mol. The lowest BCUT2D eigenvalue weighted by molar-refractivity contribution is 0.403. The molecule has 0 aliphatic carbocycles. The predicted octanol–water partition coefficient (Wildman–Crippen LogP) is 2.90. The minimum absolute atomic E-state index is 0.113. The molecule has 2 aromatic carbocycles. The van der Waals surface area contributed by atoms with Gasteiger partial charge in [0.1, 0.15) is 0 Å². The third kappa shape index (κ3) is 2.81. The van der Waals surface area contributed by atoms with E-state index in [4.69, 9.17) is 0 Å². The van der Waals surface area contributed by atoms with E-state index in [1.165, 1.54) is 6.07 Å². The number of hydrogen-bond donors (Lipinski definition) is 3. The fourth-order valence-electron chi connectivity index (χ4n) is 2.13. The second-order valence-corrected chi connectivity index (χ2v) is 4.66. The molecule has 0 atom stereocenters. The van der Waals surface area contributed by atoms with E-state index in [-0.39, 0.29) is 11.5 Å². The van der Waals surface area contributed by atoms with Gasteiger partial charge in [-0.05, 0) is 29.8 Å². The highest BCUT2D eigenvalue weighted by molar-refractivity contribution is 5.61. The van der Waals surface area contributed by atoms with E-state index in [9.17, 15) is 10.2 Å². The topological polar surface area (TPSA) is 70.3 Å². The molecule has 0 saturated heterocycles. The molecule has 106 valence electrons. The monoisotopic (exact) mass is 281 g/mol. The number of hydrogen-bond acceptors (Lipinski definition) is 4. The summed E-state index contributed by atoms with van der Waals surface area (Å²) in [7, 11) is 0. The third-order valence-electron chi connectivity index (χ3n) is 3.21. The second kappa shape index (κ2) is 5.58. The minimum atomic E-state index is -0.114. The number of imidazole rings is 1. The highest BCUT2D eigenvalue weighted by atomic mass is 16.3. The van der Waals surface area contributed by atoms with E-state index >= 15 is 0 Å². The van der Waals surface area contributed by atoms with Crippen LogP contribution in [0.2, 0.25) is 0 Å². The van der Waals surface area contributed by atoms with Gasteiger partial charge in [-0.3, -0.25) is 0 Å². The van der Waals surface area contributed by atoms with Crippen LogP contribution in [0.15, 0.2) is 61.2 Å². The van der Waals surface area contributed by atoms with Gasteiger partial charge in [-0.15, -0.1) is 0 Å². The van der Waals surface area contributed by atoms with Gasteiger partial charge in [0, 0.05) is 18.9 Å². The Morgan fingerprint density at radius 2 is 1.90 bits per heavy atom. The molecule has 0 spiro atoms. The second-order valence-electron chi connectivity index (χ2n) is 4.66. The normalized spacial score (nSPS) is 10.5. The van der Waals surface area contributed by atoms with E-state index in [1.807, 2.05) is 35.0 Å². The zero-order valence-corrected chi connectivity index (χ0v) is 11.3. The van der Waals surface area contributed by atoms with Crippen molar-refractivity contribution in [3.63, 3.8) is 0 Å². The van der Waals surface area contributed by atoms with Gasteiger partial charge < -0.3 is 20.1 Å². The van der Waals surface area contributed by atoms with Crippen molar-refractivity contribution in [2.24, 2.45) is 0 Å². The van der Waals surface area contributed by atoms with Crippen LogP contribution in [0.25, 0.3) is 5.69 Å². The summed E-state index contributed by atoms with van der Waals surface area (Å²) in [5, 5.41) is 22.2. The van der Waals surface area contributed by atoms with Crippen LogP contribution in [0.1, 0.15) is 5.56 Å². The number of aromatic nitrogens is 2. The molecule has 0 bridgehead atoms. The number of benzene rings is 2. The number of aromatic hydroxyl groups is 2. The number of nitrogens with one attached hydrogen (secondary N) is 1. The first-order valence-corrected chi connectivity index (χ1v) is 6.56. The zero-order chi connectivity index (χ0) is 14.7. The van der Waals surface area contributed by atoms with Crippen molar-refractivity contribution < 1.29 is 10.2 Å². The number of phenolic OH excluding ortho intramolecular Hbond substituents is 2. The maximum atomic E-state index is 9.51. The fraction of sp³-hybridized carbons (Fsp3) is 0.0625. The summed E-state index contributed by atoms with van der Waals surface area (Å²) in [6.07, 6.45) is 5.36. The number of nitrogens with zero attached hydrogens (tertiary/aromatic N) is 2. The lowest BCUT2D eigenvalue weighted by atomic mass is 10.2. The van der Waals surface area contributed by atoms with Gasteiger partial charge in [0.15, 0.2) is 11.5 Å². The van der Waals surface area contributed by atoms with Crippen LogP contribution in [0, 0.1) is 0 Å². The van der Waals surface area contributed by atoms with Gasteiger partial charge in [-0.25, -0.2) is 4.98 Å². The summed E-state index contributed by atoms with van der Waals surface area (Å²) >= 11 is 0. The first-order valence-electron chi connectivity index (χ1n) is 6.56.